The summed E-state index contributed by atoms with van der Waals surface area (Å²) >= 11 is 0. The molecule has 0 aliphatic rings. The number of aliphatic hydroxyl groups is 1. The van der Waals surface area contributed by atoms with Gasteiger partial charge in [0.15, 0.2) is 5.75 Å². The molecule has 1 unspecified atom stereocenters. The molecule has 0 radical (unpaired) electrons. The van der Waals surface area contributed by atoms with Gasteiger partial charge in [0.1, 0.15) is 11.3 Å². The smallest absolute Gasteiger partial charge is 0.163 e. The van der Waals surface area contributed by atoms with Crippen molar-refractivity contribution in [3.8, 4) is 11.8 Å². The fourth-order valence-corrected chi connectivity index (χ4v) is 2.25. The van der Waals surface area contributed by atoms with Gasteiger partial charge in [-0.3, -0.25) is 4.68 Å². The average molecular weight is 271 g/mol. The van der Waals surface area contributed by atoms with Gasteiger partial charge in [-0.15, -0.1) is 0 Å². The molecule has 0 amide bonds. The zero-order valence-corrected chi connectivity index (χ0v) is 11.8. The Morgan fingerprint density at radius 2 is 2.05 bits per heavy atom. The minimum absolute atomic E-state index is 0.543. The summed E-state index contributed by atoms with van der Waals surface area (Å²) in [6.45, 7) is 4.27. The van der Waals surface area contributed by atoms with Crippen molar-refractivity contribution in [1.82, 2.24) is 9.78 Å². The van der Waals surface area contributed by atoms with Crippen LogP contribution in [0.1, 0.15) is 30.7 Å². The second kappa shape index (κ2) is 5.35. The van der Waals surface area contributed by atoms with E-state index < -0.39 is 5.60 Å². The van der Waals surface area contributed by atoms with E-state index >= 15 is 0 Å². The molecule has 104 valence electrons. The van der Waals surface area contributed by atoms with Crippen LogP contribution in [0.4, 0.5) is 0 Å². The van der Waals surface area contributed by atoms with Crippen molar-refractivity contribution < 1.29 is 9.84 Å². The molecule has 20 heavy (non-hydrogen) atoms. The monoisotopic (exact) mass is 271 g/mol. The first-order valence-electron chi connectivity index (χ1n) is 6.37. The zero-order valence-electron chi connectivity index (χ0n) is 11.8. The summed E-state index contributed by atoms with van der Waals surface area (Å²) in [6, 6.07) is 8.91. The molecule has 0 saturated heterocycles. The van der Waals surface area contributed by atoms with Crippen molar-refractivity contribution in [3.05, 3.63) is 47.3 Å². The second-order valence-electron chi connectivity index (χ2n) is 4.64. The summed E-state index contributed by atoms with van der Waals surface area (Å²) in [6.07, 6.45) is 1.59. The number of aryl methyl sites for hydroxylation is 1. The molecule has 1 aromatic heterocycles. The fourth-order valence-electron chi connectivity index (χ4n) is 2.25. The van der Waals surface area contributed by atoms with Crippen LogP contribution in [0.2, 0.25) is 0 Å². The molecule has 0 bridgehead atoms. The first-order chi connectivity index (χ1) is 9.54. The predicted molar refractivity (Wildman–Crippen MR) is 74.3 cm³/mol. The largest absolute Gasteiger partial charge is 0.493 e. The molecule has 1 atom stereocenters. The van der Waals surface area contributed by atoms with E-state index in [2.05, 4.69) is 11.2 Å². The standard InChI is InChI=1S/C15H17N3O2/c1-4-18-14(13(20-3)10-17-18)15(2,19)12-7-5-11(9-16)6-8-12/h5-8,10,19H,4H2,1-3H3. The minimum Gasteiger partial charge on any atom is -0.493 e. The summed E-state index contributed by atoms with van der Waals surface area (Å²) in [4.78, 5) is 0. The number of hydrogen-bond acceptors (Lipinski definition) is 4. The molecule has 0 saturated carbocycles. The minimum atomic E-state index is -1.24. The van der Waals surface area contributed by atoms with E-state index in [0.29, 0.717) is 29.1 Å². The molecule has 2 aromatic rings. The van der Waals surface area contributed by atoms with Crippen LogP contribution in [0.5, 0.6) is 5.75 Å². The van der Waals surface area contributed by atoms with E-state index in [4.69, 9.17) is 10.00 Å². The number of benzene rings is 1. The van der Waals surface area contributed by atoms with Gasteiger partial charge in [0.2, 0.25) is 0 Å². The molecule has 0 spiro atoms. The van der Waals surface area contributed by atoms with Crippen LogP contribution in [-0.4, -0.2) is 22.0 Å². The molecule has 0 fully saturated rings. The third-order valence-electron chi connectivity index (χ3n) is 3.36. The highest BCUT2D eigenvalue weighted by Gasteiger charge is 2.33. The van der Waals surface area contributed by atoms with Gasteiger partial charge in [0, 0.05) is 6.54 Å². The van der Waals surface area contributed by atoms with Crippen LogP contribution in [0.3, 0.4) is 0 Å². The molecule has 5 nitrogen and oxygen atoms in total. The molecule has 0 aliphatic carbocycles. The molecule has 2 rings (SSSR count). The predicted octanol–water partition coefficient (Wildman–Crippen LogP) is 2.04. The van der Waals surface area contributed by atoms with Gasteiger partial charge in [-0.1, -0.05) is 12.1 Å². The lowest BCUT2D eigenvalue weighted by molar-refractivity contribution is 0.0885. The van der Waals surface area contributed by atoms with Crippen LogP contribution in [0.25, 0.3) is 0 Å². The highest BCUT2D eigenvalue weighted by atomic mass is 16.5. The SMILES string of the molecule is CCn1ncc(OC)c1C(C)(O)c1ccc(C#N)cc1. The van der Waals surface area contributed by atoms with Gasteiger partial charge in [0.05, 0.1) is 24.9 Å². The quantitative estimate of drug-likeness (QED) is 0.923. The van der Waals surface area contributed by atoms with E-state index in [9.17, 15) is 5.11 Å². The van der Waals surface area contributed by atoms with Gasteiger partial charge in [0.25, 0.3) is 0 Å². The van der Waals surface area contributed by atoms with Gasteiger partial charge < -0.3 is 9.84 Å². The maximum absolute atomic E-state index is 10.9. The van der Waals surface area contributed by atoms with Crippen molar-refractivity contribution >= 4 is 0 Å². The Bertz CT molecular complexity index is 615. The van der Waals surface area contributed by atoms with E-state index in [1.54, 1.807) is 49.2 Å². The third-order valence-corrected chi connectivity index (χ3v) is 3.36. The van der Waals surface area contributed by atoms with Crippen LogP contribution >= 0.6 is 0 Å². The van der Waals surface area contributed by atoms with Gasteiger partial charge in [-0.05, 0) is 31.5 Å². The molecular weight excluding hydrogens is 254 g/mol. The Morgan fingerprint density at radius 3 is 2.55 bits per heavy atom. The second-order valence-corrected chi connectivity index (χ2v) is 4.64. The normalized spacial score (nSPS) is 13.6. The lowest BCUT2D eigenvalue weighted by Gasteiger charge is -2.25. The highest BCUT2D eigenvalue weighted by Crippen LogP contribution is 2.35. The van der Waals surface area contributed by atoms with Gasteiger partial charge in [-0.2, -0.15) is 10.4 Å². The van der Waals surface area contributed by atoms with Gasteiger partial charge >= 0.3 is 0 Å². The summed E-state index contributed by atoms with van der Waals surface area (Å²) < 4.78 is 6.99. The van der Waals surface area contributed by atoms with Crippen molar-refractivity contribution in [2.75, 3.05) is 7.11 Å². The summed E-state index contributed by atoms with van der Waals surface area (Å²) in [5, 5.41) is 24.0. The van der Waals surface area contributed by atoms with E-state index in [1.165, 1.54) is 0 Å². The number of nitrogens with zero attached hydrogens (tertiary/aromatic N) is 3. The van der Waals surface area contributed by atoms with Crippen LogP contribution < -0.4 is 4.74 Å². The summed E-state index contributed by atoms with van der Waals surface area (Å²) in [7, 11) is 1.55. The number of nitriles is 1. The average Bonchev–Trinajstić information content (AvgIpc) is 2.91. The van der Waals surface area contributed by atoms with Crippen molar-refractivity contribution in [2.45, 2.75) is 26.0 Å². The van der Waals surface area contributed by atoms with E-state index in [0.717, 1.165) is 0 Å². The number of aromatic nitrogens is 2. The fraction of sp³-hybridized carbons (Fsp3) is 0.333. The third kappa shape index (κ3) is 2.26. The Morgan fingerprint density at radius 1 is 1.40 bits per heavy atom. The van der Waals surface area contributed by atoms with Crippen molar-refractivity contribution in [2.24, 2.45) is 0 Å². The van der Waals surface area contributed by atoms with Crippen molar-refractivity contribution in [1.29, 1.82) is 5.26 Å². The van der Waals surface area contributed by atoms with E-state index in [-0.39, 0.29) is 0 Å². The van der Waals surface area contributed by atoms with Crippen LogP contribution in [-0.2, 0) is 12.1 Å². The zero-order chi connectivity index (χ0) is 14.8. The lowest BCUT2D eigenvalue weighted by Crippen LogP contribution is -2.27. The molecule has 0 aliphatic heterocycles. The maximum Gasteiger partial charge on any atom is 0.163 e. The van der Waals surface area contributed by atoms with Gasteiger partial charge in [-0.25, -0.2) is 0 Å². The van der Waals surface area contributed by atoms with Crippen LogP contribution in [0, 0.1) is 11.3 Å². The number of ether oxygens (including phenoxy) is 1. The first kappa shape index (κ1) is 14.1. The maximum atomic E-state index is 10.9. The molecular formula is C15H17N3O2. The molecule has 1 N–H and O–H groups in total. The Balaban J connectivity index is 2.53. The highest BCUT2D eigenvalue weighted by molar-refractivity contribution is 5.41. The number of methoxy groups -OCH3 is 1. The molecule has 1 aromatic carbocycles. The molecule has 5 heteroatoms. The number of rotatable bonds is 4. The Labute approximate surface area is 118 Å². The summed E-state index contributed by atoms with van der Waals surface area (Å²) in [5.41, 5.74) is 0.601. The Kier molecular flexibility index (Phi) is 3.77. The topological polar surface area (TPSA) is 71.1 Å². The Hall–Kier alpha value is -2.32. The summed E-state index contributed by atoms with van der Waals surface area (Å²) in [5.74, 6) is 0.543. The molecule has 1 heterocycles. The van der Waals surface area contributed by atoms with Crippen LogP contribution in [0.15, 0.2) is 30.5 Å². The number of hydrogen-bond donors (Lipinski definition) is 1. The lowest BCUT2D eigenvalue weighted by atomic mass is 9.91. The first-order valence-corrected chi connectivity index (χ1v) is 6.37. The van der Waals surface area contributed by atoms with Crippen molar-refractivity contribution in [3.63, 3.8) is 0 Å². The van der Waals surface area contributed by atoms with E-state index in [1.807, 2.05) is 6.92 Å².